The average Bonchev–Trinajstić information content (AvgIpc) is 2.60. The summed E-state index contributed by atoms with van der Waals surface area (Å²) in [6.45, 7) is 11.7. The molecule has 2 rings (SSSR count). The van der Waals surface area contributed by atoms with Gasteiger partial charge in [-0.1, -0.05) is 46.4 Å². The normalized spacial score (nSPS) is 37.5. The Balaban J connectivity index is 1.99. The number of aliphatic imine (C=N–C) groups is 1. The van der Waals surface area contributed by atoms with Crippen LogP contribution in [0.1, 0.15) is 53.9 Å². The van der Waals surface area contributed by atoms with E-state index in [1.807, 2.05) is 11.8 Å². The van der Waals surface area contributed by atoms with E-state index in [2.05, 4.69) is 39.9 Å². The molecule has 4 atom stereocenters. The number of rotatable bonds is 1. The van der Waals surface area contributed by atoms with E-state index in [-0.39, 0.29) is 0 Å². The first-order valence-corrected chi connectivity index (χ1v) is 8.33. The predicted octanol–water partition coefficient (Wildman–Crippen LogP) is 3.92. The summed E-state index contributed by atoms with van der Waals surface area (Å²) >= 11 is 1.91. The van der Waals surface area contributed by atoms with Gasteiger partial charge in [0.05, 0.1) is 6.04 Å². The summed E-state index contributed by atoms with van der Waals surface area (Å²) in [6, 6.07) is 1.13. The predicted molar refractivity (Wildman–Crippen MR) is 82.2 cm³/mol. The third-order valence-electron chi connectivity index (χ3n) is 4.68. The second kappa shape index (κ2) is 5.44. The van der Waals surface area contributed by atoms with Crippen molar-refractivity contribution in [2.24, 2.45) is 22.2 Å². The Morgan fingerprint density at radius 2 is 1.89 bits per heavy atom. The van der Waals surface area contributed by atoms with Crippen molar-refractivity contribution in [2.45, 2.75) is 66.0 Å². The molecule has 2 nitrogen and oxygen atoms in total. The first kappa shape index (κ1) is 14.2. The fraction of sp³-hybridized carbons (Fsp3) is 0.933. The molecule has 0 spiro atoms. The molecule has 0 bridgehead atoms. The lowest BCUT2D eigenvalue weighted by molar-refractivity contribution is 0.314. The van der Waals surface area contributed by atoms with Crippen molar-refractivity contribution in [2.75, 3.05) is 5.75 Å². The van der Waals surface area contributed by atoms with E-state index in [1.54, 1.807) is 0 Å². The van der Waals surface area contributed by atoms with Crippen LogP contribution in [0.25, 0.3) is 0 Å². The summed E-state index contributed by atoms with van der Waals surface area (Å²) in [6.07, 6.45) is 3.89. The summed E-state index contributed by atoms with van der Waals surface area (Å²) in [4.78, 5) is 4.94. The molecule has 1 saturated carbocycles. The molecule has 0 amide bonds. The van der Waals surface area contributed by atoms with E-state index in [9.17, 15) is 0 Å². The number of nitrogens with one attached hydrogen (secondary N) is 1. The molecule has 104 valence electrons. The van der Waals surface area contributed by atoms with Crippen LogP contribution in [-0.2, 0) is 0 Å². The van der Waals surface area contributed by atoms with Crippen molar-refractivity contribution in [1.29, 1.82) is 0 Å². The number of nitrogens with zero attached hydrogens (tertiary/aromatic N) is 1. The van der Waals surface area contributed by atoms with Gasteiger partial charge in [0.25, 0.3) is 0 Å². The molecule has 0 aromatic rings. The maximum absolute atomic E-state index is 4.94. The SMILES string of the molecule is CC1CCC(NC2=NC(C(C)(C)C)CCS2)C1C. The minimum atomic E-state index is 0.294. The topological polar surface area (TPSA) is 24.4 Å². The minimum Gasteiger partial charge on any atom is -0.362 e. The zero-order valence-electron chi connectivity index (χ0n) is 12.5. The van der Waals surface area contributed by atoms with E-state index >= 15 is 0 Å². The molecular formula is C15H28N2S. The van der Waals surface area contributed by atoms with E-state index in [0.29, 0.717) is 17.5 Å². The molecule has 0 radical (unpaired) electrons. The van der Waals surface area contributed by atoms with Crippen LogP contribution in [0.3, 0.4) is 0 Å². The molecule has 4 unspecified atom stereocenters. The van der Waals surface area contributed by atoms with Crippen molar-refractivity contribution in [3.63, 3.8) is 0 Å². The monoisotopic (exact) mass is 268 g/mol. The summed E-state index contributed by atoms with van der Waals surface area (Å²) < 4.78 is 0. The fourth-order valence-corrected chi connectivity index (χ4v) is 3.91. The Kier molecular flexibility index (Phi) is 4.30. The van der Waals surface area contributed by atoms with Gasteiger partial charge in [0, 0.05) is 11.8 Å². The van der Waals surface area contributed by atoms with Crippen LogP contribution in [0.4, 0.5) is 0 Å². The Morgan fingerprint density at radius 1 is 1.17 bits per heavy atom. The Hall–Kier alpha value is -0.180. The molecule has 2 aliphatic rings. The molecule has 18 heavy (non-hydrogen) atoms. The molecule has 1 fully saturated rings. The highest BCUT2D eigenvalue weighted by Gasteiger charge is 2.32. The standard InChI is InChI=1S/C15H28N2S/c1-10-6-7-12(11(10)2)16-14-17-13(8-9-18-14)15(3,4)5/h10-13H,6-9H2,1-5H3,(H,16,17). The maximum atomic E-state index is 4.94. The van der Waals surface area contributed by atoms with Gasteiger partial charge in [-0.2, -0.15) is 0 Å². The first-order chi connectivity index (χ1) is 8.38. The second-order valence-corrected chi connectivity index (χ2v) is 8.20. The van der Waals surface area contributed by atoms with E-state index in [0.717, 1.165) is 11.8 Å². The molecule has 1 heterocycles. The number of hydrogen-bond donors (Lipinski definition) is 1. The van der Waals surface area contributed by atoms with Crippen LogP contribution in [0.5, 0.6) is 0 Å². The Labute approximate surface area is 116 Å². The van der Waals surface area contributed by atoms with Crippen LogP contribution in [-0.4, -0.2) is 23.0 Å². The van der Waals surface area contributed by atoms with E-state index < -0.39 is 0 Å². The maximum Gasteiger partial charge on any atom is 0.157 e. The van der Waals surface area contributed by atoms with Gasteiger partial charge < -0.3 is 5.32 Å². The average molecular weight is 268 g/mol. The molecule has 0 aromatic carbocycles. The lowest BCUT2D eigenvalue weighted by atomic mass is 9.85. The van der Waals surface area contributed by atoms with Gasteiger partial charge in [-0.15, -0.1) is 0 Å². The summed E-state index contributed by atoms with van der Waals surface area (Å²) in [7, 11) is 0. The molecule has 1 N–H and O–H groups in total. The van der Waals surface area contributed by atoms with Crippen molar-refractivity contribution in [3.8, 4) is 0 Å². The molecule has 0 aromatic heterocycles. The Bertz CT molecular complexity index is 319. The highest BCUT2D eigenvalue weighted by Crippen LogP contribution is 2.33. The Morgan fingerprint density at radius 3 is 2.44 bits per heavy atom. The quantitative estimate of drug-likeness (QED) is 0.779. The second-order valence-electron chi connectivity index (χ2n) is 7.12. The number of amidine groups is 1. The van der Waals surface area contributed by atoms with Crippen molar-refractivity contribution >= 4 is 16.9 Å². The number of hydrogen-bond acceptors (Lipinski definition) is 3. The molecule has 1 aliphatic carbocycles. The zero-order chi connectivity index (χ0) is 13.3. The highest BCUT2D eigenvalue weighted by atomic mass is 32.2. The third kappa shape index (κ3) is 3.23. The van der Waals surface area contributed by atoms with Gasteiger partial charge in [-0.05, 0) is 36.5 Å². The van der Waals surface area contributed by atoms with Gasteiger partial charge in [-0.3, -0.25) is 4.99 Å². The third-order valence-corrected chi connectivity index (χ3v) is 5.61. The number of thioether (sulfide) groups is 1. The highest BCUT2D eigenvalue weighted by molar-refractivity contribution is 8.13. The molecular weight excluding hydrogens is 240 g/mol. The van der Waals surface area contributed by atoms with Crippen molar-refractivity contribution in [3.05, 3.63) is 0 Å². The van der Waals surface area contributed by atoms with Gasteiger partial charge in [0.15, 0.2) is 5.17 Å². The summed E-state index contributed by atoms with van der Waals surface area (Å²) in [5.74, 6) is 2.85. The smallest absolute Gasteiger partial charge is 0.157 e. The largest absolute Gasteiger partial charge is 0.362 e. The van der Waals surface area contributed by atoms with Crippen LogP contribution < -0.4 is 5.32 Å². The van der Waals surface area contributed by atoms with Gasteiger partial charge in [-0.25, -0.2) is 0 Å². The van der Waals surface area contributed by atoms with E-state index in [1.165, 1.54) is 30.2 Å². The minimum absolute atomic E-state index is 0.294. The van der Waals surface area contributed by atoms with Gasteiger partial charge in [0.2, 0.25) is 0 Å². The summed E-state index contributed by atoms with van der Waals surface area (Å²) in [5.41, 5.74) is 0.294. The van der Waals surface area contributed by atoms with E-state index in [4.69, 9.17) is 4.99 Å². The van der Waals surface area contributed by atoms with Gasteiger partial charge >= 0.3 is 0 Å². The van der Waals surface area contributed by atoms with Crippen LogP contribution in [0, 0.1) is 17.3 Å². The van der Waals surface area contributed by atoms with Crippen LogP contribution >= 0.6 is 11.8 Å². The summed E-state index contributed by atoms with van der Waals surface area (Å²) in [5, 5.41) is 4.91. The molecule has 0 saturated heterocycles. The zero-order valence-corrected chi connectivity index (χ0v) is 13.3. The fourth-order valence-electron chi connectivity index (χ4n) is 2.94. The molecule has 1 aliphatic heterocycles. The molecule has 3 heteroatoms. The lowest BCUT2D eigenvalue weighted by Crippen LogP contribution is -2.39. The van der Waals surface area contributed by atoms with Crippen LogP contribution in [0.2, 0.25) is 0 Å². The van der Waals surface area contributed by atoms with Crippen molar-refractivity contribution in [1.82, 2.24) is 5.32 Å². The lowest BCUT2D eigenvalue weighted by Gasteiger charge is -2.32. The van der Waals surface area contributed by atoms with Crippen molar-refractivity contribution < 1.29 is 0 Å². The van der Waals surface area contributed by atoms with Crippen LogP contribution in [0.15, 0.2) is 4.99 Å². The first-order valence-electron chi connectivity index (χ1n) is 7.35. The van der Waals surface area contributed by atoms with Gasteiger partial charge in [0.1, 0.15) is 0 Å².